The highest BCUT2D eigenvalue weighted by Crippen LogP contribution is 2.24. The number of hydrogen-bond acceptors (Lipinski definition) is 3. The van der Waals surface area contributed by atoms with E-state index in [1.54, 1.807) is 0 Å². The van der Waals surface area contributed by atoms with Gasteiger partial charge in [0, 0.05) is 0 Å². The van der Waals surface area contributed by atoms with Gasteiger partial charge in [-0.1, -0.05) is 0 Å². The van der Waals surface area contributed by atoms with Gasteiger partial charge in [0.25, 0.3) is 0 Å². The molecule has 0 aliphatic carbocycles. The average molecular weight is 157 g/mol. The molecular formula is C8H15NO2. The molecule has 3 nitrogen and oxygen atoms in total. The molecule has 0 saturated carbocycles. The fraction of sp³-hybridized carbons (Fsp3) is 0.875. The van der Waals surface area contributed by atoms with E-state index in [1.807, 2.05) is 13.8 Å². The predicted octanol–water partition coefficient (Wildman–Crippen LogP) is 1.57. The maximum atomic E-state index is 6.84. The lowest BCUT2D eigenvalue weighted by molar-refractivity contribution is -0.138. The third-order valence-corrected chi connectivity index (χ3v) is 1.70. The largest absolute Gasteiger partial charge is 0.348 e. The van der Waals surface area contributed by atoms with Gasteiger partial charge < -0.3 is 14.9 Å². The summed E-state index contributed by atoms with van der Waals surface area (Å²) in [5, 5.41) is 6.84. The van der Waals surface area contributed by atoms with Crippen molar-refractivity contribution in [2.45, 2.75) is 38.6 Å². The summed E-state index contributed by atoms with van der Waals surface area (Å²) in [5.41, 5.74) is 0. The van der Waals surface area contributed by atoms with Crippen LogP contribution in [-0.4, -0.2) is 24.7 Å². The Kier molecular flexibility index (Phi) is 2.62. The van der Waals surface area contributed by atoms with Crippen LogP contribution in [0, 0.1) is 5.41 Å². The second kappa shape index (κ2) is 3.32. The Balaban J connectivity index is 2.24. The van der Waals surface area contributed by atoms with E-state index in [-0.39, 0.29) is 6.10 Å². The molecule has 1 saturated heterocycles. The fourth-order valence-electron chi connectivity index (χ4n) is 1.17. The summed E-state index contributed by atoms with van der Waals surface area (Å²) in [7, 11) is 0. The van der Waals surface area contributed by atoms with Crippen molar-refractivity contribution in [2.24, 2.45) is 0 Å². The quantitative estimate of drug-likeness (QED) is 0.632. The van der Waals surface area contributed by atoms with Gasteiger partial charge >= 0.3 is 0 Å². The van der Waals surface area contributed by atoms with Gasteiger partial charge in [0.1, 0.15) is 0 Å². The lowest BCUT2D eigenvalue weighted by Gasteiger charge is -2.16. The minimum atomic E-state index is -0.410. The monoisotopic (exact) mass is 157 g/mol. The molecule has 1 aliphatic heterocycles. The molecule has 0 spiro atoms. The lowest BCUT2D eigenvalue weighted by Crippen LogP contribution is -2.21. The van der Waals surface area contributed by atoms with Gasteiger partial charge in [-0.2, -0.15) is 0 Å². The van der Waals surface area contributed by atoms with Crippen LogP contribution in [0.3, 0.4) is 0 Å². The molecule has 1 atom stereocenters. The molecule has 0 aromatic carbocycles. The number of hydrogen-bond donors (Lipinski definition) is 1. The van der Waals surface area contributed by atoms with Gasteiger partial charge in [0.15, 0.2) is 5.79 Å². The minimum Gasteiger partial charge on any atom is -0.348 e. The molecular weight excluding hydrogens is 142 g/mol. The van der Waals surface area contributed by atoms with Crippen LogP contribution in [0.2, 0.25) is 0 Å². The van der Waals surface area contributed by atoms with Crippen LogP contribution in [0.25, 0.3) is 0 Å². The molecule has 64 valence electrons. The van der Waals surface area contributed by atoms with Crippen molar-refractivity contribution in [1.82, 2.24) is 0 Å². The highest BCUT2D eigenvalue weighted by Gasteiger charge is 2.31. The Morgan fingerprint density at radius 3 is 2.82 bits per heavy atom. The van der Waals surface area contributed by atoms with Crippen molar-refractivity contribution in [3.05, 3.63) is 0 Å². The second-order valence-corrected chi connectivity index (χ2v) is 3.23. The van der Waals surface area contributed by atoms with Gasteiger partial charge in [0.2, 0.25) is 0 Å². The maximum Gasteiger partial charge on any atom is 0.163 e. The van der Waals surface area contributed by atoms with E-state index < -0.39 is 5.79 Å². The van der Waals surface area contributed by atoms with Crippen molar-refractivity contribution in [3.63, 3.8) is 0 Å². The number of rotatable bonds is 3. The van der Waals surface area contributed by atoms with E-state index >= 15 is 0 Å². The van der Waals surface area contributed by atoms with Crippen LogP contribution in [-0.2, 0) is 9.47 Å². The molecule has 1 aliphatic rings. The smallest absolute Gasteiger partial charge is 0.163 e. The lowest BCUT2D eigenvalue weighted by atomic mass is 10.2. The normalized spacial score (nSPS) is 28.7. The van der Waals surface area contributed by atoms with Crippen LogP contribution >= 0.6 is 0 Å². The molecule has 1 heterocycles. The number of ether oxygens (including phenoxy) is 2. The third-order valence-electron chi connectivity index (χ3n) is 1.70. The van der Waals surface area contributed by atoms with E-state index in [0.29, 0.717) is 6.61 Å². The molecule has 1 N–H and O–H groups in total. The molecule has 11 heavy (non-hydrogen) atoms. The predicted molar refractivity (Wildman–Crippen MR) is 42.9 cm³/mol. The molecule has 1 unspecified atom stereocenters. The topological polar surface area (TPSA) is 42.3 Å². The van der Waals surface area contributed by atoms with Crippen LogP contribution in [0.15, 0.2) is 0 Å². The summed E-state index contributed by atoms with van der Waals surface area (Å²) in [6, 6.07) is 0. The van der Waals surface area contributed by atoms with Crippen LogP contribution in [0.5, 0.6) is 0 Å². The maximum absolute atomic E-state index is 6.84. The van der Waals surface area contributed by atoms with Gasteiger partial charge in [-0.3, -0.25) is 0 Å². The Morgan fingerprint density at radius 1 is 1.64 bits per heavy atom. The summed E-state index contributed by atoms with van der Waals surface area (Å²) in [6.07, 6.45) is 3.28. The summed E-state index contributed by atoms with van der Waals surface area (Å²) in [6.45, 7) is 4.50. The summed E-state index contributed by atoms with van der Waals surface area (Å²) < 4.78 is 10.9. The van der Waals surface area contributed by atoms with Crippen LogP contribution in [0.1, 0.15) is 26.7 Å². The van der Waals surface area contributed by atoms with Crippen molar-refractivity contribution in [1.29, 1.82) is 5.41 Å². The molecule has 0 radical (unpaired) electrons. The van der Waals surface area contributed by atoms with E-state index in [2.05, 4.69) is 0 Å². The van der Waals surface area contributed by atoms with E-state index in [4.69, 9.17) is 14.9 Å². The van der Waals surface area contributed by atoms with Crippen LogP contribution < -0.4 is 0 Å². The zero-order valence-electron chi connectivity index (χ0n) is 7.09. The summed E-state index contributed by atoms with van der Waals surface area (Å²) >= 11 is 0. The molecule has 1 rings (SSSR count). The van der Waals surface area contributed by atoms with E-state index in [1.165, 1.54) is 6.21 Å². The average Bonchev–Trinajstić information content (AvgIpc) is 2.26. The van der Waals surface area contributed by atoms with Gasteiger partial charge in [0.05, 0.1) is 12.7 Å². The first kappa shape index (κ1) is 8.68. The third kappa shape index (κ3) is 2.60. The van der Waals surface area contributed by atoms with Gasteiger partial charge in [-0.15, -0.1) is 0 Å². The molecule has 0 aromatic heterocycles. The van der Waals surface area contributed by atoms with Gasteiger partial charge in [-0.25, -0.2) is 0 Å². The van der Waals surface area contributed by atoms with E-state index in [9.17, 15) is 0 Å². The summed E-state index contributed by atoms with van der Waals surface area (Å²) in [5.74, 6) is -0.410. The van der Waals surface area contributed by atoms with Crippen LogP contribution in [0.4, 0.5) is 0 Å². The SMILES string of the molecule is CC1(C)OCC(CCC=N)O1. The van der Waals surface area contributed by atoms with Crippen molar-refractivity contribution in [2.75, 3.05) is 6.61 Å². The van der Waals surface area contributed by atoms with Crippen molar-refractivity contribution >= 4 is 6.21 Å². The van der Waals surface area contributed by atoms with Crippen molar-refractivity contribution in [3.8, 4) is 0 Å². The Hall–Kier alpha value is -0.410. The zero-order chi connectivity index (χ0) is 8.32. The Labute approximate surface area is 67.2 Å². The first-order valence-electron chi connectivity index (χ1n) is 3.95. The fourth-order valence-corrected chi connectivity index (χ4v) is 1.17. The Morgan fingerprint density at radius 2 is 2.36 bits per heavy atom. The highest BCUT2D eigenvalue weighted by atomic mass is 16.7. The first-order chi connectivity index (χ1) is 5.14. The minimum absolute atomic E-state index is 0.187. The van der Waals surface area contributed by atoms with Crippen molar-refractivity contribution < 1.29 is 9.47 Å². The molecule has 3 heteroatoms. The summed E-state index contributed by atoms with van der Waals surface area (Å²) in [4.78, 5) is 0. The first-order valence-corrected chi connectivity index (χ1v) is 3.95. The molecule has 1 fully saturated rings. The highest BCUT2D eigenvalue weighted by molar-refractivity contribution is 5.52. The number of nitrogens with one attached hydrogen (secondary N) is 1. The second-order valence-electron chi connectivity index (χ2n) is 3.23. The molecule has 0 amide bonds. The Bertz CT molecular complexity index is 145. The van der Waals surface area contributed by atoms with Gasteiger partial charge in [-0.05, 0) is 32.9 Å². The zero-order valence-corrected chi connectivity index (χ0v) is 7.09. The molecule has 0 bridgehead atoms. The van der Waals surface area contributed by atoms with E-state index in [0.717, 1.165) is 12.8 Å². The standard InChI is InChI=1S/C8H15NO2/c1-8(2)10-6-7(11-8)4-3-5-9/h5,7,9H,3-4,6H2,1-2H3. The molecule has 0 aromatic rings.